The molecule has 0 aliphatic heterocycles. The molecule has 10 heteroatoms. The Morgan fingerprint density at radius 1 is 0.522 bits per heavy atom. The number of carbonyl (C=O) groups is 5. The highest BCUT2D eigenvalue weighted by Crippen LogP contribution is 2.17. The van der Waals surface area contributed by atoms with E-state index in [1.807, 2.05) is 6.07 Å². The van der Waals surface area contributed by atoms with E-state index in [-0.39, 0.29) is 52.8 Å². The van der Waals surface area contributed by atoms with Crippen LogP contribution in [0.1, 0.15) is 75.5 Å². The zero-order valence-corrected chi connectivity index (χ0v) is 26.2. The number of aromatic hydroxyl groups is 3. The summed E-state index contributed by atoms with van der Waals surface area (Å²) in [6.45, 7) is 5.32. The van der Waals surface area contributed by atoms with E-state index in [4.69, 9.17) is 20.4 Å². The first-order chi connectivity index (χ1) is 21.8. The van der Waals surface area contributed by atoms with Gasteiger partial charge in [0.05, 0.1) is 5.56 Å². The average molecular weight is 633 g/mol. The molecule has 0 aromatic heterocycles. The summed E-state index contributed by atoms with van der Waals surface area (Å²) < 4.78 is 0. The van der Waals surface area contributed by atoms with Gasteiger partial charge in [0.15, 0.2) is 28.9 Å². The summed E-state index contributed by atoms with van der Waals surface area (Å²) in [6.07, 6.45) is 0.428. The van der Waals surface area contributed by atoms with Crippen molar-refractivity contribution in [3.63, 3.8) is 0 Å². The summed E-state index contributed by atoms with van der Waals surface area (Å²) >= 11 is 0. The van der Waals surface area contributed by atoms with Crippen LogP contribution in [0.3, 0.4) is 0 Å². The molecule has 10 nitrogen and oxygen atoms in total. The van der Waals surface area contributed by atoms with Gasteiger partial charge in [-0.05, 0) is 69.3 Å². The minimum absolute atomic E-state index is 0.0139. The monoisotopic (exact) mass is 632 g/mol. The fraction of sp³-hybridized carbons (Fsp3) is 0.194. The van der Waals surface area contributed by atoms with Gasteiger partial charge in [0, 0.05) is 23.1 Å². The van der Waals surface area contributed by atoms with Crippen molar-refractivity contribution in [1.29, 1.82) is 0 Å². The third kappa shape index (κ3) is 17.6. The summed E-state index contributed by atoms with van der Waals surface area (Å²) in [5.74, 6) is -0.0818. The molecule has 4 rings (SSSR count). The Hall–Kier alpha value is -5.45. The van der Waals surface area contributed by atoms with E-state index < -0.39 is 6.61 Å². The normalized spacial score (nSPS) is 9.17. The Labute approximate surface area is 268 Å². The molecule has 244 valence electrons. The minimum atomic E-state index is -0.413. The summed E-state index contributed by atoms with van der Waals surface area (Å²) in [7, 11) is 0. The average Bonchev–Trinajstić information content (AvgIpc) is 3.06. The fourth-order valence-corrected chi connectivity index (χ4v) is 3.04. The molecule has 0 aliphatic rings. The Kier molecular flexibility index (Phi) is 20.3. The van der Waals surface area contributed by atoms with Crippen LogP contribution in [0.15, 0.2) is 103 Å². The summed E-state index contributed by atoms with van der Waals surface area (Å²) in [5, 5.41) is 43.2. The molecule has 0 saturated heterocycles. The van der Waals surface area contributed by atoms with E-state index >= 15 is 0 Å². The topological polar surface area (TPSA) is 186 Å². The van der Waals surface area contributed by atoms with Crippen molar-refractivity contribution >= 4 is 28.9 Å². The van der Waals surface area contributed by atoms with Crippen LogP contribution < -0.4 is 0 Å². The molecule has 4 aromatic rings. The maximum absolute atomic E-state index is 11.1. The second-order valence-corrected chi connectivity index (χ2v) is 9.31. The van der Waals surface area contributed by atoms with Crippen molar-refractivity contribution in [3.8, 4) is 17.2 Å². The quantitative estimate of drug-likeness (QED) is 0.160. The highest BCUT2D eigenvalue weighted by molar-refractivity contribution is 5.98. The Bertz CT molecular complexity index is 1530. The molecule has 0 amide bonds. The second kappa shape index (κ2) is 23.0. The molecule has 0 aliphatic carbocycles. The van der Waals surface area contributed by atoms with Crippen LogP contribution in [0.4, 0.5) is 0 Å². The maximum atomic E-state index is 11.1. The summed E-state index contributed by atoms with van der Waals surface area (Å²) in [6, 6.07) is 27.8. The molecule has 0 atom stereocenters. The van der Waals surface area contributed by atoms with Gasteiger partial charge < -0.3 is 25.5 Å². The molecule has 0 fully saturated rings. The third-order valence-corrected chi connectivity index (χ3v) is 5.51. The lowest BCUT2D eigenvalue weighted by Crippen LogP contribution is -2.02. The highest BCUT2D eigenvalue weighted by Gasteiger charge is 2.06. The van der Waals surface area contributed by atoms with Gasteiger partial charge in [-0.1, -0.05) is 61.5 Å². The first-order valence-corrected chi connectivity index (χ1v) is 14.0. The molecule has 0 spiro atoms. The molecular weight excluding hydrogens is 592 g/mol. The number of para-hydroxylation sites is 1. The van der Waals surface area contributed by atoms with Gasteiger partial charge in [-0.15, -0.1) is 0 Å². The number of phenolic OH excluding ortho intramolecular Hbond substituents is 3. The predicted octanol–water partition coefficient (Wildman–Crippen LogP) is 5.60. The zero-order valence-electron chi connectivity index (χ0n) is 26.2. The van der Waals surface area contributed by atoms with Crippen LogP contribution in [-0.4, -0.2) is 67.7 Å². The molecule has 0 bridgehead atoms. The van der Waals surface area contributed by atoms with Gasteiger partial charge >= 0.3 is 0 Å². The summed E-state index contributed by atoms with van der Waals surface area (Å²) in [4.78, 5) is 52.8. The smallest absolute Gasteiger partial charge is 0.188 e. The van der Waals surface area contributed by atoms with Gasteiger partial charge in [0.2, 0.25) is 0 Å². The number of phenols is 3. The maximum Gasteiger partial charge on any atom is 0.188 e. The fourth-order valence-electron chi connectivity index (χ4n) is 3.04. The molecule has 46 heavy (non-hydrogen) atoms. The number of carbonyl (C=O) groups excluding carboxylic acids is 5. The van der Waals surface area contributed by atoms with Crippen LogP contribution >= 0.6 is 0 Å². The number of Topliss-reactive ketones (excluding diaryl/α,β-unsaturated/α-hetero) is 5. The van der Waals surface area contributed by atoms with Gasteiger partial charge in [0.1, 0.15) is 30.5 Å². The SMILES string of the molecule is CC(=O)CO.CC(=O)c1ccc(O)cc1.CC(=O)c1cccc(O)c1.CCC(=O)c1ccccc1O.O=C(CO)c1ccccc1. The third-order valence-electron chi connectivity index (χ3n) is 5.51. The number of benzene rings is 4. The molecule has 0 heterocycles. The number of aliphatic hydroxyl groups is 2. The van der Waals surface area contributed by atoms with Crippen molar-refractivity contribution in [1.82, 2.24) is 0 Å². The molecule has 5 N–H and O–H groups in total. The largest absolute Gasteiger partial charge is 0.508 e. The van der Waals surface area contributed by atoms with E-state index in [0.717, 1.165) is 0 Å². The molecular formula is C36H40O10. The van der Waals surface area contributed by atoms with E-state index in [9.17, 15) is 29.1 Å². The van der Waals surface area contributed by atoms with Gasteiger partial charge in [0.25, 0.3) is 0 Å². The zero-order chi connectivity index (χ0) is 35.1. The van der Waals surface area contributed by atoms with Crippen LogP contribution in [0.25, 0.3) is 0 Å². The van der Waals surface area contributed by atoms with E-state index in [2.05, 4.69) is 0 Å². The van der Waals surface area contributed by atoms with Crippen molar-refractivity contribution in [3.05, 3.63) is 125 Å². The number of aliphatic hydroxyl groups excluding tert-OH is 2. The van der Waals surface area contributed by atoms with Gasteiger partial charge in [-0.2, -0.15) is 0 Å². The summed E-state index contributed by atoms with van der Waals surface area (Å²) in [5.41, 5.74) is 2.14. The number of rotatable bonds is 7. The van der Waals surface area contributed by atoms with E-state index in [0.29, 0.717) is 28.7 Å². The molecule has 0 radical (unpaired) electrons. The minimum Gasteiger partial charge on any atom is -0.508 e. The Balaban J connectivity index is 0.000000560. The van der Waals surface area contributed by atoms with Crippen molar-refractivity contribution in [2.75, 3.05) is 13.2 Å². The molecule has 0 unspecified atom stereocenters. The van der Waals surface area contributed by atoms with Crippen LogP contribution in [0.2, 0.25) is 0 Å². The van der Waals surface area contributed by atoms with E-state index in [1.165, 1.54) is 51.1 Å². The highest BCUT2D eigenvalue weighted by atomic mass is 16.3. The van der Waals surface area contributed by atoms with Crippen molar-refractivity contribution in [2.24, 2.45) is 0 Å². The first kappa shape index (κ1) is 40.6. The van der Waals surface area contributed by atoms with E-state index in [1.54, 1.807) is 73.7 Å². The Morgan fingerprint density at radius 3 is 1.43 bits per heavy atom. The van der Waals surface area contributed by atoms with Crippen LogP contribution in [0.5, 0.6) is 17.2 Å². The predicted molar refractivity (Wildman–Crippen MR) is 175 cm³/mol. The molecule has 4 aromatic carbocycles. The van der Waals surface area contributed by atoms with Gasteiger partial charge in [-0.25, -0.2) is 0 Å². The standard InChI is InChI=1S/C9H10O2.3C8H8O2.C3H6O2/c1-2-8(10)7-5-3-4-6-9(7)11;1-6(9)7-2-4-8(10)5-3-7;1-6(9)7-3-2-4-8(10)5-7;9-6-8(10)7-4-2-1-3-5-7;1-3(5)2-4/h3-6,11H,2H2,1H3;2*2-5,10H,1H3;1-5,9H,6H2;4H,2H2,1H3. The lowest BCUT2D eigenvalue weighted by Gasteiger charge is -1.99. The lowest BCUT2D eigenvalue weighted by atomic mass is 10.1. The number of hydrogen-bond donors (Lipinski definition) is 5. The van der Waals surface area contributed by atoms with Crippen LogP contribution in [-0.2, 0) is 4.79 Å². The van der Waals surface area contributed by atoms with Crippen molar-refractivity contribution in [2.45, 2.75) is 34.1 Å². The number of hydrogen-bond acceptors (Lipinski definition) is 10. The number of ketones is 5. The first-order valence-electron chi connectivity index (χ1n) is 14.0. The Morgan fingerprint density at radius 2 is 1.02 bits per heavy atom. The molecule has 0 saturated carbocycles. The van der Waals surface area contributed by atoms with Crippen LogP contribution in [0, 0.1) is 0 Å². The van der Waals surface area contributed by atoms with Crippen molar-refractivity contribution < 1.29 is 49.5 Å². The lowest BCUT2D eigenvalue weighted by molar-refractivity contribution is -0.119. The second-order valence-electron chi connectivity index (χ2n) is 9.31. The van der Waals surface area contributed by atoms with Gasteiger partial charge in [-0.3, -0.25) is 24.0 Å².